The summed E-state index contributed by atoms with van der Waals surface area (Å²) in [5.74, 6) is -0.570. The molecular formula is C19H25FN2O3. The fourth-order valence-corrected chi connectivity index (χ4v) is 3.29. The van der Waals surface area contributed by atoms with Gasteiger partial charge in [-0.15, -0.1) is 0 Å². The molecule has 2 amide bonds. The lowest BCUT2D eigenvalue weighted by molar-refractivity contribution is -0.135. The Labute approximate surface area is 147 Å². The zero-order valence-electron chi connectivity index (χ0n) is 14.3. The van der Waals surface area contributed by atoms with Gasteiger partial charge >= 0.3 is 0 Å². The lowest BCUT2D eigenvalue weighted by atomic mass is 9.96. The molecule has 1 saturated carbocycles. The predicted molar refractivity (Wildman–Crippen MR) is 91.2 cm³/mol. The van der Waals surface area contributed by atoms with E-state index in [2.05, 4.69) is 5.32 Å². The summed E-state index contributed by atoms with van der Waals surface area (Å²) in [5.41, 5.74) is 0.666. The Morgan fingerprint density at radius 1 is 1.28 bits per heavy atom. The van der Waals surface area contributed by atoms with E-state index in [1.807, 2.05) is 0 Å². The molecular weight excluding hydrogens is 323 g/mol. The molecule has 1 saturated heterocycles. The summed E-state index contributed by atoms with van der Waals surface area (Å²) < 4.78 is 12.9. The highest BCUT2D eigenvalue weighted by Crippen LogP contribution is 2.44. The number of rotatable bonds is 6. The Hall–Kier alpha value is -1.95. The molecule has 0 spiro atoms. The smallest absolute Gasteiger partial charge is 0.227 e. The number of benzene rings is 1. The molecule has 2 fully saturated rings. The van der Waals surface area contributed by atoms with Crippen LogP contribution in [0.25, 0.3) is 0 Å². The summed E-state index contributed by atoms with van der Waals surface area (Å²) in [4.78, 5) is 26.6. The standard InChI is InChI=1S/C19H25FN2O3/c20-16-5-3-14(4-6-16)10-17(24)22-9-1-2-15(11-22)18(25)21-12-19(13-23)7-8-19/h3-6,15,23H,1-2,7-13H2,(H,21,25). The van der Waals surface area contributed by atoms with Crippen molar-refractivity contribution in [2.45, 2.75) is 32.1 Å². The minimum Gasteiger partial charge on any atom is -0.396 e. The van der Waals surface area contributed by atoms with Gasteiger partial charge in [0.05, 0.1) is 18.9 Å². The van der Waals surface area contributed by atoms with E-state index in [4.69, 9.17) is 0 Å². The van der Waals surface area contributed by atoms with E-state index in [0.717, 1.165) is 31.2 Å². The first-order valence-electron chi connectivity index (χ1n) is 8.92. The van der Waals surface area contributed by atoms with E-state index in [-0.39, 0.29) is 42.0 Å². The van der Waals surface area contributed by atoms with E-state index in [1.54, 1.807) is 17.0 Å². The Balaban J connectivity index is 1.50. The van der Waals surface area contributed by atoms with Gasteiger partial charge in [-0.3, -0.25) is 9.59 Å². The van der Waals surface area contributed by atoms with Crippen LogP contribution in [0.5, 0.6) is 0 Å². The average molecular weight is 348 g/mol. The second-order valence-corrected chi connectivity index (χ2v) is 7.36. The number of piperidine rings is 1. The molecule has 0 radical (unpaired) electrons. The fraction of sp³-hybridized carbons (Fsp3) is 0.579. The maximum absolute atomic E-state index is 12.9. The number of hydrogen-bond acceptors (Lipinski definition) is 3. The zero-order chi connectivity index (χ0) is 17.9. The largest absolute Gasteiger partial charge is 0.396 e. The highest BCUT2D eigenvalue weighted by Gasteiger charge is 2.42. The van der Waals surface area contributed by atoms with Crippen molar-refractivity contribution in [3.05, 3.63) is 35.6 Å². The van der Waals surface area contributed by atoms with Gasteiger partial charge in [-0.2, -0.15) is 0 Å². The van der Waals surface area contributed by atoms with E-state index >= 15 is 0 Å². The summed E-state index contributed by atoms with van der Waals surface area (Å²) in [7, 11) is 0. The maximum atomic E-state index is 12.9. The minimum atomic E-state index is -0.317. The van der Waals surface area contributed by atoms with Crippen LogP contribution in [0, 0.1) is 17.2 Å². The summed E-state index contributed by atoms with van der Waals surface area (Å²) in [6, 6.07) is 5.94. The molecule has 2 N–H and O–H groups in total. The van der Waals surface area contributed by atoms with Gasteiger partial charge in [0.25, 0.3) is 0 Å². The molecule has 0 aromatic heterocycles. The predicted octanol–water partition coefficient (Wildman–Crippen LogP) is 1.50. The number of aliphatic hydroxyl groups is 1. The number of carbonyl (C=O) groups excluding carboxylic acids is 2. The van der Waals surface area contributed by atoms with Gasteiger partial charge in [-0.25, -0.2) is 4.39 Å². The number of hydrogen-bond donors (Lipinski definition) is 2. The van der Waals surface area contributed by atoms with Crippen molar-refractivity contribution in [2.75, 3.05) is 26.2 Å². The molecule has 3 rings (SSSR count). The van der Waals surface area contributed by atoms with Gasteiger partial charge < -0.3 is 15.3 Å². The molecule has 1 atom stereocenters. The number of nitrogens with zero attached hydrogens (tertiary/aromatic N) is 1. The quantitative estimate of drug-likeness (QED) is 0.818. The third kappa shape index (κ3) is 4.57. The normalized spacial score (nSPS) is 21.7. The van der Waals surface area contributed by atoms with E-state index in [0.29, 0.717) is 19.6 Å². The molecule has 5 nitrogen and oxygen atoms in total. The fourth-order valence-electron chi connectivity index (χ4n) is 3.29. The van der Waals surface area contributed by atoms with Gasteiger partial charge in [-0.1, -0.05) is 12.1 Å². The van der Waals surface area contributed by atoms with Crippen molar-refractivity contribution >= 4 is 11.8 Å². The number of likely N-dealkylation sites (tertiary alicyclic amines) is 1. The van der Waals surface area contributed by atoms with Gasteiger partial charge in [-0.05, 0) is 43.4 Å². The van der Waals surface area contributed by atoms with Gasteiger partial charge in [0.15, 0.2) is 0 Å². The van der Waals surface area contributed by atoms with E-state index in [1.165, 1.54) is 12.1 Å². The van der Waals surface area contributed by atoms with Gasteiger partial charge in [0.1, 0.15) is 5.82 Å². The van der Waals surface area contributed by atoms with Gasteiger partial charge in [0.2, 0.25) is 11.8 Å². The molecule has 136 valence electrons. The molecule has 1 unspecified atom stereocenters. The monoisotopic (exact) mass is 348 g/mol. The number of nitrogens with one attached hydrogen (secondary N) is 1. The van der Waals surface area contributed by atoms with Crippen molar-refractivity contribution < 1.29 is 19.1 Å². The lowest BCUT2D eigenvalue weighted by Crippen LogP contribution is -2.47. The van der Waals surface area contributed by atoms with Crippen LogP contribution in [0.2, 0.25) is 0 Å². The summed E-state index contributed by atoms with van der Waals surface area (Å²) in [6.07, 6.45) is 3.71. The first-order chi connectivity index (χ1) is 12.0. The van der Waals surface area contributed by atoms with Crippen molar-refractivity contribution in [1.29, 1.82) is 0 Å². The Kier molecular flexibility index (Phi) is 5.37. The molecule has 1 aromatic carbocycles. The number of halogens is 1. The second-order valence-electron chi connectivity index (χ2n) is 7.36. The van der Waals surface area contributed by atoms with Crippen LogP contribution in [0.4, 0.5) is 4.39 Å². The van der Waals surface area contributed by atoms with Crippen LogP contribution < -0.4 is 5.32 Å². The SMILES string of the molecule is O=C(NCC1(CO)CC1)C1CCCN(C(=O)Cc2ccc(F)cc2)C1. The lowest BCUT2D eigenvalue weighted by Gasteiger charge is -2.32. The van der Waals surface area contributed by atoms with Gasteiger partial charge in [0, 0.05) is 25.0 Å². The summed E-state index contributed by atoms with van der Waals surface area (Å²) in [6.45, 7) is 1.71. The van der Waals surface area contributed by atoms with E-state index in [9.17, 15) is 19.1 Å². The molecule has 25 heavy (non-hydrogen) atoms. The summed E-state index contributed by atoms with van der Waals surface area (Å²) >= 11 is 0. The van der Waals surface area contributed by atoms with E-state index < -0.39 is 0 Å². The number of amides is 2. The highest BCUT2D eigenvalue weighted by molar-refractivity contribution is 5.82. The Morgan fingerprint density at radius 2 is 2.00 bits per heavy atom. The number of aliphatic hydroxyl groups excluding tert-OH is 1. The Morgan fingerprint density at radius 3 is 2.64 bits per heavy atom. The molecule has 6 heteroatoms. The number of carbonyl (C=O) groups is 2. The molecule has 2 aliphatic rings. The van der Waals surface area contributed by atoms with Crippen molar-refractivity contribution in [3.8, 4) is 0 Å². The molecule has 1 aliphatic carbocycles. The third-order valence-corrected chi connectivity index (χ3v) is 5.34. The third-order valence-electron chi connectivity index (χ3n) is 5.34. The average Bonchev–Trinajstić information content (AvgIpc) is 3.42. The van der Waals surface area contributed by atoms with Crippen molar-refractivity contribution in [1.82, 2.24) is 10.2 Å². The zero-order valence-corrected chi connectivity index (χ0v) is 14.3. The van der Waals surface area contributed by atoms with Crippen molar-refractivity contribution in [3.63, 3.8) is 0 Å². The highest BCUT2D eigenvalue weighted by atomic mass is 19.1. The van der Waals surface area contributed by atoms with Crippen LogP contribution in [-0.2, 0) is 16.0 Å². The minimum absolute atomic E-state index is 0.0287. The first-order valence-corrected chi connectivity index (χ1v) is 8.92. The van der Waals surface area contributed by atoms with Crippen LogP contribution in [0.1, 0.15) is 31.2 Å². The van der Waals surface area contributed by atoms with Crippen LogP contribution in [0.3, 0.4) is 0 Å². The molecule has 0 bridgehead atoms. The molecule has 1 aliphatic heterocycles. The van der Waals surface area contributed by atoms with Crippen LogP contribution >= 0.6 is 0 Å². The summed E-state index contributed by atoms with van der Waals surface area (Å²) in [5, 5.41) is 12.3. The molecule has 1 heterocycles. The molecule has 1 aromatic rings. The van der Waals surface area contributed by atoms with Crippen LogP contribution in [-0.4, -0.2) is 48.1 Å². The second kappa shape index (κ2) is 7.52. The maximum Gasteiger partial charge on any atom is 0.227 e. The Bertz CT molecular complexity index is 628. The van der Waals surface area contributed by atoms with Crippen LogP contribution in [0.15, 0.2) is 24.3 Å². The van der Waals surface area contributed by atoms with Crippen molar-refractivity contribution in [2.24, 2.45) is 11.3 Å². The first kappa shape index (κ1) is 17.9. The topological polar surface area (TPSA) is 69.6 Å².